The number of non-ortho nitro benzene ring substituents is 1. The van der Waals surface area contributed by atoms with Gasteiger partial charge in [-0.15, -0.1) is 0 Å². The van der Waals surface area contributed by atoms with Gasteiger partial charge in [-0.2, -0.15) is 0 Å². The Morgan fingerprint density at radius 2 is 1.96 bits per heavy atom. The number of nitrogens with one attached hydrogen (secondary N) is 1. The van der Waals surface area contributed by atoms with E-state index in [9.17, 15) is 20.0 Å². The van der Waals surface area contributed by atoms with Crippen LogP contribution >= 0.6 is 11.6 Å². The Morgan fingerprint density at radius 1 is 1.27 bits per heavy atom. The molecule has 1 aromatic heterocycles. The van der Waals surface area contributed by atoms with Crippen molar-refractivity contribution in [2.75, 3.05) is 0 Å². The molecule has 2 aromatic carbocycles. The quantitative estimate of drug-likeness (QED) is 0.560. The topological polar surface area (TPSA) is 108 Å². The van der Waals surface area contributed by atoms with Gasteiger partial charge in [0.2, 0.25) is 5.91 Å². The van der Waals surface area contributed by atoms with Crippen LogP contribution in [-0.4, -0.2) is 15.8 Å². The van der Waals surface area contributed by atoms with Crippen molar-refractivity contribution in [3.63, 3.8) is 0 Å². The van der Waals surface area contributed by atoms with Crippen LogP contribution in [-0.2, 0) is 4.79 Å². The Kier molecular flexibility index (Phi) is 4.73. The number of carbonyl (C=O) groups is 1. The number of nitrogens with zero attached hydrogens (tertiary/aromatic N) is 2. The summed E-state index contributed by atoms with van der Waals surface area (Å²) in [5.41, 5.74) is 0.389. The molecular formula is C18H13ClN3O4-. The predicted octanol–water partition coefficient (Wildman–Crippen LogP) is 3.10. The molecule has 0 spiro atoms. The zero-order valence-corrected chi connectivity index (χ0v) is 14.4. The monoisotopic (exact) mass is 370 g/mol. The highest BCUT2D eigenvalue weighted by molar-refractivity contribution is 6.30. The van der Waals surface area contributed by atoms with Gasteiger partial charge in [-0.25, -0.2) is 0 Å². The molecule has 0 saturated heterocycles. The molecule has 0 saturated carbocycles. The van der Waals surface area contributed by atoms with Crippen molar-refractivity contribution in [3.8, 4) is 5.75 Å². The first kappa shape index (κ1) is 17.6. The average Bonchev–Trinajstić information content (AvgIpc) is 2.61. The number of carbonyl (C=O) groups excluding carboxylic acids is 1. The van der Waals surface area contributed by atoms with Crippen LogP contribution in [0.4, 0.5) is 5.69 Å². The minimum absolute atomic E-state index is 0.0129. The number of nitro benzene ring substituents is 1. The van der Waals surface area contributed by atoms with Crippen molar-refractivity contribution in [2.24, 2.45) is 0 Å². The second-order valence-corrected chi connectivity index (χ2v) is 6.09. The number of fused-ring (bicyclic) bond motifs is 1. The van der Waals surface area contributed by atoms with Gasteiger partial charge in [-0.3, -0.25) is 19.9 Å². The van der Waals surface area contributed by atoms with Gasteiger partial charge in [0, 0.05) is 24.2 Å². The second-order valence-electron chi connectivity index (χ2n) is 5.66. The maximum atomic E-state index is 12.9. The molecule has 26 heavy (non-hydrogen) atoms. The molecule has 3 aromatic rings. The molecule has 3 rings (SSSR count). The third-order valence-corrected chi connectivity index (χ3v) is 4.16. The molecule has 1 atom stereocenters. The summed E-state index contributed by atoms with van der Waals surface area (Å²) >= 11 is 5.90. The normalized spacial score (nSPS) is 11.9. The fourth-order valence-corrected chi connectivity index (χ4v) is 2.91. The lowest BCUT2D eigenvalue weighted by Crippen LogP contribution is -2.27. The van der Waals surface area contributed by atoms with Crippen LogP contribution in [0.25, 0.3) is 10.9 Å². The van der Waals surface area contributed by atoms with E-state index >= 15 is 0 Å². The first-order valence-corrected chi connectivity index (χ1v) is 8.02. The Labute approximate surface area is 153 Å². The molecule has 0 aliphatic rings. The molecule has 0 fully saturated rings. The van der Waals surface area contributed by atoms with Gasteiger partial charge in [0.05, 0.1) is 21.9 Å². The molecule has 0 aliphatic carbocycles. The molecule has 0 unspecified atom stereocenters. The van der Waals surface area contributed by atoms with Crippen molar-refractivity contribution < 1.29 is 14.8 Å². The summed E-state index contributed by atoms with van der Waals surface area (Å²) in [4.78, 5) is 26.6. The van der Waals surface area contributed by atoms with E-state index in [4.69, 9.17) is 11.6 Å². The smallest absolute Gasteiger partial charge is 0.279 e. The van der Waals surface area contributed by atoms with E-state index in [-0.39, 0.29) is 28.1 Å². The Morgan fingerprint density at radius 3 is 2.58 bits per heavy atom. The number of nitro groups is 1. The van der Waals surface area contributed by atoms with Gasteiger partial charge < -0.3 is 10.4 Å². The minimum Gasteiger partial charge on any atom is -0.871 e. The van der Waals surface area contributed by atoms with Gasteiger partial charge >= 0.3 is 0 Å². The minimum atomic E-state index is -0.859. The zero-order chi connectivity index (χ0) is 18.8. The van der Waals surface area contributed by atoms with Crippen LogP contribution in [0.3, 0.4) is 0 Å². The summed E-state index contributed by atoms with van der Waals surface area (Å²) in [6, 6.07) is 9.87. The van der Waals surface area contributed by atoms with Crippen molar-refractivity contribution in [1.29, 1.82) is 0 Å². The molecule has 0 radical (unpaired) electrons. The van der Waals surface area contributed by atoms with E-state index in [1.807, 2.05) is 0 Å². The third-order valence-electron chi connectivity index (χ3n) is 3.91. The molecular weight excluding hydrogens is 358 g/mol. The number of rotatable bonds is 4. The molecule has 0 bridgehead atoms. The van der Waals surface area contributed by atoms with Gasteiger partial charge in [0.15, 0.2) is 0 Å². The number of hydrogen-bond donors (Lipinski definition) is 1. The SMILES string of the molecule is CC(=O)N[C@@H](c1ccc(Cl)cc1)c1cc([N+](=O)[O-])c2cccnc2c1[O-]. The van der Waals surface area contributed by atoms with E-state index in [0.717, 1.165) is 0 Å². The summed E-state index contributed by atoms with van der Waals surface area (Å²) in [6.07, 6.45) is 1.40. The van der Waals surface area contributed by atoms with Gasteiger partial charge in [-0.05, 0) is 35.4 Å². The van der Waals surface area contributed by atoms with Crippen LogP contribution in [0, 0.1) is 10.1 Å². The van der Waals surface area contributed by atoms with Crippen molar-refractivity contribution in [1.82, 2.24) is 10.3 Å². The van der Waals surface area contributed by atoms with Crippen LogP contribution in [0.1, 0.15) is 24.1 Å². The van der Waals surface area contributed by atoms with Crippen LogP contribution in [0.15, 0.2) is 48.7 Å². The van der Waals surface area contributed by atoms with Gasteiger partial charge in [-0.1, -0.05) is 29.5 Å². The number of aromatic nitrogens is 1. The summed E-state index contributed by atoms with van der Waals surface area (Å²) in [6.45, 7) is 1.31. The van der Waals surface area contributed by atoms with Crippen molar-refractivity contribution >= 4 is 34.1 Å². The Balaban J connectivity index is 2.28. The second kappa shape index (κ2) is 6.97. The molecule has 132 valence electrons. The number of pyridine rings is 1. The highest BCUT2D eigenvalue weighted by Crippen LogP contribution is 2.38. The van der Waals surface area contributed by atoms with E-state index < -0.39 is 16.7 Å². The first-order valence-electron chi connectivity index (χ1n) is 7.64. The first-order chi connectivity index (χ1) is 12.4. The van der Waals surface area contributed by atoms with E-state index in [1.54, 1.807) is 24.3 Å². The maximum Gasteiger partial charge on any atom is 0.279 e. The average molecular weight is 371 g/mol. The maximum absolute atomic E-state index is 12.9. The lowest BCUT2D eigenvalue weighted by atomic mass is 9.95. The van der Waals surface area contributed by atoms with Crippen molar-refractivity contribution in [3.05, 3.63) is 74.9 Å². The largest absolute Gasteiger partial charge is 0.871 e. The molecule has 1 amide bonds. The summed E-state index contributed by atoms with van der Waals surface area (Å²) in [5, 5.41) is 27.7. The van der Waals surface area contributed by atoms with Crippen LogP contribution < -0.4 is 10.4 Å². The highest BCUT2D eigenvalue weighted by Gasteiger charge is 2.23. The zero-order valence-electron chi connectivity index (χ0n) is 13.6. The third kappa shape index (κ3) is 3.29. The fourth-order valence-electron chi connectivity index (χ4n) is 2.78. The molecule has 8 heteroatoms. The number of hydrogen-bond acceptors (Lipinski definition) is 5. The highest BCUT2D eigenvalue weighted by atomic mass is 35.5. The van der Waals surface area contributed by atoms with Gasteiger partial charge in [0.25, 0.3) is 5.69 Å². The summed E-state index contributed by atoms with van der Waals surface area (Å²) in [5.74, 6) is -0.854. The van der Waals surface area contributed by atoms with E-state index in [2.05, 4.69) is 10.3 Å². The van der Waals surface area contributed by atoms with Crippen molar-refractivity contribution in [2.45, 2.75) is 13.0 Å². The Hall–Kier alpha value is -3.19. The lowest BCUT2D eigenvalue weighted by Gasteiger charge is -2.25. The number of amides is 1. The van der Waals surface area contributed by atoms with E-state index in [0.29, 0.717) is 10.6 Å². The molecule has 1 heterocycles. The van der Waals surface area contributed by atoms with Crippen LogP contribution in [0.5, 0.6) is 5.75 Å². The number of halogens is 1. The fraction of sp³-hybridized carbons (Fsp3) is 0.111. The molecule has 1 N–H and O–H groups in total. The van der Waals surface area contributed by atoms with E-state index in [1.165, 1.54) is 31.3 Å². The molecule has 0 aliphatic heterocycles. The Bertz CT molecular complexity index is 1010. The summed E-state index contributed by atoms with van der Waals surface area (Å²) in [7, 11) is 0. The molecule has 7 nitrogen and oxygen atoms in total. The van der Waals surface area contributed by atoms with Gasteiger partial charge in [0.1, 0.15) is 0 Å². The predicted molar refractivity (Wildman–Crippen MR) is 95.0 cm³/mol. The lowest BCUT2D eigenvalue weighted by molar-refractivity contribution is -0.383. The number of benzene rings is 2. The standard InChI is InChI=1S/C18H14ClN3O4/c1-10(23)21-16(11-4-6-12(19)7-5-11)14-9-15(22(25)26)13-3-2-8-20-17(13)18(14)24/h2-9,16,24H,1H3,(H,21,23)/p-1/t16-/m0/s1. The van der Waals surface area contributed by atoms with Crippen LogP contribution in [0.2, 0.25) is 5.02 Å². The summed E-state index contributed by atoms with van der Waals surface area (Å²) < 4.78 is 0.